The lowest BCUT2D eigenvalue weighted by Crippen LogP contribution is -2.53. The zero-order valence-electron chi connectivity index (χ0n) is 13.8. The summed E-state index contributed by atoms with van der Waals surface area (Å²) in [5, 5.41) is 10.9. The van der Waals surface area contributed by atoms with Crippen LogP contribution >= 0.6 is 0 Å². The number of benzene rings is 1. The molecule has 1 aliphatic rings. The highest BCUT2D eigenvalue weighted by Gasteiger charge is 2.54. The SMILES string of the molecule is CCc1c(C)nc2ccccc2c1N1CCC(O)(C(F)(F)F)CC1. The summed E-state index contributed by atoms with van der Waals surface area (Å²) in [6, 6.07) is 7.70. The van der Waals surface area contributed by atoms with Crippen LogP contribution in [0.15, 0.2) is 24.3 Å². The maximum absolute atomic E-state index is 13.0. The number of piperidine rings is 1. The zero-order chi connectivity index (χ0) is 17.5. The lowest BCUT2D eigenvalue weighted by molar-refractivity contribution is -0.266. The molecule has 24 heavy (non-hydrogen) atoms. The van der Waals surface area contributed by atoms with E-state index in [1.165, 1.54) is 0 Å². The van der Waals surface area contributed by atoms with Crippen LogP contribution in [-0.2, 0) is 6.42 Å². The number of pyridine rings is 1. The van der Waals surface area contributed by atoms with E-state index >= 15 is 0 Å². The molecule has 0 unspecified atom stereocenters. The molecule has 0 radical (unpaired) electrons. The highest BCUT2D eigenvalue weighted by molar-refractivity contribution is 5.94. The molecule has 2 heterocycles. The number of fused-ring (bicyclic) bond motifs is 1. The summed E-state index contributed by atoms with van der Waals surface area (Å²) in [6.07, 6.45) is -4.44. The van der Waals surface area contributed by atoms with Crippen LogP contribution in [0.2, 0.25) is 0 Å². The molecule has 130 valence electrons. The predicted molar refractivity (Wildman–Crippen MR) is 88.3 cm³/mol. The molecule has 2 aromatic rings. The molecule has 3 rings (SSSR count). The molecule has 1 N–H and O–H groups in total. The Labute approximate surface area is 139 Å². The minimum absolute atomic E-state index is 0.177. The molecule has 1 aromatic carbocycles. The van der Waals surface area contributed by atoms with Gasteiger partial charge in [-0.3, -0.25) is 4.98 Å². The van der Waals surface area contributed by atoms with Crippen LogP contribution in [0.25, 0.3) is 10.9 Å². The normalized spacial score (nSPS) is 18.2. The minimum atomic E-state index is -4.58. The van der Waals surface area contributed by atoms with Crippen molar-refractivity contribution in [2.24, 2.45) is 0 Å². The lowest BCUT2D eigenvalue weighted by atomic mass is 9.89. The summed E-state index contributed by atoms with van der Waals surface area (Å²) < 4.78 is 39.1. The topological polar surface area (TPSA) is 36.4 Å². The van der Waals surface area contributed by atoms with Crippen molar-refractivity contribution in [2.45, 2.75) is 44.9 Å². The first-order valence-corrected chi connectivity index (χ1v) is 8.19. The van der Waals surface area contributed by atoms with Gasteiger partial charge in [0.15, 0.2) is 5.60 Å². The monoisotopic (exact) mass is 338 g/mol. The average Bonchev–Trinajstić information content (AvgIpc) is 2.53. The van der Waals surface area contributed by atoms with E-state index < -0.39 is 11.8 Å². The Bertz CT molecular complexity index is 750. The van der Waals surface area contributed by atoms with E-state index in [2.05, 4.69) is 4.98 Å². The van der Waals surface area contributed by atoms with Crippen LogP contribution < -0.4 is 4.90 Å². The number of anilines is 1. The molecular formula is C18H21F3N2O. The molecule has 3 nitrogen and oxygen atoms in total. The van der Waals surface area contributed by atoms with E-state index in [1.54, 1.807) is 0 Å². The van der Waals surface area contributed by atoms with Crippen LogP contribution in [0, 0.1) is 6.92 Å². The van der Waals surface area contributed by atoms with Crippen molar-refractivity contribution in [2.75, 3.05) is 18.0 Å². The van der Waals surface area contributed by atoms with Crippen molar-refractivity contribution >= 4 is 16.6 Å². The smallest absolute Gasteiger partial charge is 0.380 e. The summed E-state index contributed by atoms with van der Waals surface area (Å²) >= 11 is 0. The van der Waals surface area contributed by atoms with Gasteiger partial charge in [-0.1, -0.05) is 25.1 Å². The van der Waals surface area contributed by atoms with Gasteiger partial charge in [0.2, 0.25) is 0 Å². The van der Waals surface area contributed by atoms with Crippen molar-refractivity contribution in [1.29, 1.82) is 0 Å². The van der Waals surface area contributed by atoms with Crippen LogP contribution in [-0.4, -0.2) is 35.0 Å². The molecule has 0 atom stereocenters. The van der Waals surface area contributed by atoms with E-state index in [0.29, 0.717) is 0 Å². The molecule has 1 aromatic heterocycles. The first-order valence-electron chi connectivity index (χ1n) is 8.19. The van der Waals surface area contributed by atoms with Crippen LogP contribution in [0.4, 0.5) is 18.9 Å². The van der Waals surface area contributed by atoms with Gasteiger partial charge in [0, 0.05) is 37.0 Å². The Morgan fingerprint density at radius 1 is 1.21 bits per heavy atom. The lowest BCUT2D eigenvalue weighted by Gasteiger charge is -2.41. The fourth-order valence-electron chi connectivity index (χ4n) is 3.52. The minimum Gasteiger partial charge on any atom is -0.380 e. The van der Waals surface area contributed by atoms with Gasteiger partial charge < -0.3 is 10.0 Å². The average molecular weight is 338 g/mol. The number of hydrogen-bond acceptors (Lipinski definition) is 3. The van der Waals surface area contributed by atoms with Crippen LogP contribution in [0.3, 0.4) is 0 Å². The van der Waals surface area contributed by atoms with Gasteiger partial charge in [-0.05, 0) is 25.0 Å². The molecule has 1 saturated heterocycles. The van der Waals surface area contributed by atoms with Crippen molar-refractivity contribution < 1.29 is 18.3 Å². The summed E-state index contributed by atoms with van der Waals surface area (Å²) in [5.41, 5.74) is 1.20. The number of rotatable bonds is 2. The van der Waals surface area contributed by atoms with E-state index in [0.717, 1.165) is 34.3 Å². The highest BCUT2D eigenvalue weighted by atomic mass is 19.4. The van der Waals surface area contributed by atoms with Gasteiger partial charge in [-0.15, -0.1) is 0 Å². The number of aliphatic hydroxyl groups is 1. The molecule has 0 spiro atoms. The Morgan fingerprint density at radius 3 is 2.42 bits per heavy atom. The van der Waals surface area contributed by atoms with Gasteiger partial charge in [0.1, 0.15) is 0 Å². The molecule has 6 heteroatoms. The maximum atomic E-state index is 13.0. The molecule has 1 aliphatic heterocycles. The van der Waals surface area contributed by atoms with Gasteiger partial charge in [0.25, 0.3) is 0 Å². The summed E-state index contributed by atoms with van der Waals surface area (Å²) in [5.74, 6) is 0. The summed E-state index contributed by atoms with van der Waals surface area (Å²) in [4.78, 5) is 6.58. The number of hydrogen-bond donors (Lipinski definition) is 1. The quantitative estimate of drug-likeness (QED) is 0.899. The third kappa shape index (κ3) is 2.73. The Kier molecular flexibility index (Phi) is 4.20. The Hall–Kier alpha value is -1.82. The van der Waals surface area contributed by atoms with Gasteiger partial charge >= 0.3 is 6.18 Å². The molecule has 1 fully saturated rings. The van der Waals surface area contributed by atoms with E-state index in [9.17, 15) is 18.3 Å². The fourth-order valence-corrected chi connectivity index (χ4v) is 3.52. The second-order valence-corrected chi connectivity index (χ2v) is 6.41. The van der Waals surface area contributed by atoms with E-state index in [1.807, 2.05) is 43.0 Å². The number of para-hydroxylation sites is 1. The zero-order valence-corrected chi connectivity index (χ0v) is 13.8. The molecule has 0 bridgehead atoms. The van der Waals surface area contributed by atoms with Gasteiger partial charge in [-0.2, -0.15) is 13.2 Å². The van der Waals surface area contributed by atoms with Crippen LogP contribution in [0.5, 0.6) is 0 Å². The number of alkyl halides is 3. The number of nitrogens with zero attached hydrogens (tertiary/aromatic N) is 2. The Balaban J connectivity index is 2.02. The van der Waals surface area contributed by atoms with Crippen molar-refractivity contribution in [3.63, 3.8) is 0 Å². The molecular weight excluding hydrogens is 317 g/mol. The molecule has 0 aliphatic carbocycles. The standard InChI is InChI=1S/C18H21F3N2O/c1-3-13-12(2)22-15-7-5-4-6-14(15)16(13)23-10-8-17(24,9-11-23)18(19,20)21/h4-7,24H,3,8-11H2,1-2H3. The van der Waals surface area contributed by atoms with Gasteiger partial charge in [0.05, 0.1) is 11.2 Å². The number of aryl methyl sites for hydroxylation is 1. The molecule has 0 saturated carbocycles. The van der Waals surface area contributed by atoms with Crippen molar-refractivity contribution in [3.05, 3.63) is 35.5 Å². The van der Waals surface area contributed by atoms with E-state index in [4.69, 9.17) is 0 Å². The molecule has 0 amide bonds. The Morgan fingerprint density at radius 2 is 1.83 bits per heavy atom. The first kappa shape index (κ1) is 17.0. The largest absolute Gasteiger partial charge is 0.417 e. The fraction of sp³-hybridized carbons (Fsp3) is 0.500. The van der Waals surface area contributed by atoms with Gasteiger partial charge in [-0.25, -0.2) is 0 Å². The number of halogens is 3. The van der Waals surface area contributed by atoms with Crippen molar-refractivity contribution in [1.82, 2.24) is 4.98 Å². The second-order valence-electron chi connectivity index (χ2n) is 6.41. The predicted octanol–water partition coefficient (Wildman–Crippen LogP) is 4.00. The number of aromatic nitrogens is 1. The third-order valence-electron chi connectivity index (χ3n) is 4.96. The van der Waals surface area contributed by atoms with Crippen LogP contribution in [0.1, 0.15) is 31.0 Å². The summed E-state index contributed by atoms with van der Waals surface area (Å²) in [6.45, 7) is 4.32. The second kappa shape index (κ2) is 5.92. The maximum Gasteiger partial charge on any atom is 0.417 e. The first-order chi connectivity index (χ1) is 11.3. The van der Waals surface area contributed by atoms with Crippen molar-refractivity contribution in [3.8, 4) is 0 Å². The van der Waals surface area contributed by atoms with E-state index in [-0.39, 0.29) is 25.9 Å². The third-order valence-corrected chi connectivity index (χ3v) is 4.96. The summed E-state index contributed by atoms with van der Waals surface area (Å²) in [7, 11) is 0. The highest BCUT2D eigenvalue weighted by Crippen LogP contribution is 2.41.